The van der Waals surface area contributed by atoms with Gasteiger partial charge in [-0.2, -0.15) is 0 Å². The number of amides is 3. The highest BCUT2D eigenvalue weighted by atomic mass is 35.5. The van der Waals surface area contributed by atoms with Gasteiger partial charge < -0.3 is 19.7 Å². The quantitative estimate of drug-likeness (QED) is 0.412. The van der Waals surface area contributed by atoms with Crippen LogP contribution in [0.5, 0.6) is 11.5 Å². The molecule has 1 saturated heterocycles. The smallest absolute Gasteiger partial charge is 0.326 e. The van der Waals surface area contributed by atoms with Gasteiger partial charge in [-0.3, -0.25) is 14.7 Å². The second kappa shape index (κ2) is 13.0. The number of benzene rings is 2. The van der Waals surface area contributed by atoms with E-state index in [1.807, 2.05) is 20.8 Å². The van der Waals surface area contributed by atoms with Crippen molar-refractivity contribution in [1.82, 2.24) is 15.1 Å². The molecule has 0 bridgehead atoms. The Morgan fingerprint density at radius 2 is 2.02 bits per heavy atom. The summed E-state index contributed by atoms with van der Waals surface area (Å²) < 4.78 is 26.2. The highest BCUT2D eigenvalue weighted by Crippen LogP contribution is 2.41. The number of carbonyl (C=O) groups is 2. The highest BCUT2D eigenvalue weighted by molar-refractivity contribution is 6.31. The Kier molecular flexibility index (Phi) is 9.50. The van der Waals surface area contributed by atoms with Gasteiger partial charge in [-0.05, 0) is 62.2 Å². The Labute approximate surface area is 244 Å². The van der Waals surface area contributed by atoms with Crippen LogP contribution in [-0.2, 0) is 4.79 Å². The fourth-order valence-electron chi connectivity index (χ4n) is 4.76. The maximum Gasteiger partial charge on any atom is 0.326 e. The van der Waals surface area contributed by atoms with Crippen LogP contribution in [0.3, 0.4) is 0 Å². The number of methoxy groups -OCH3 is 1. The first kappa shape index (κ1) is 29.9. The predicted molar refractivity (Wildman–Crippen MR) is 158 cm³/mol. The van der Waals surface area contributed by atoms with Gasteiger partial charge in [-0.15, -0.1) is 0 Å². The van der Waals surface area contributed by atoms with E-state index in [1.54, 1.807) is 55.7 Å². The van der Waals surface area contributed by atoms with Crippen LogP contribution in [-0.4, -0.2) is 66.5 Å². The lowest BCUT2D eigenvalue weighted by Crippen LogP contribution is -2.55. The van der Waals surface area contributed by atoms with Gasteiger partial charge in [0.1, 0.15) is 35.7 Å². The van der Waals surface area contributed by atoms with E-state index in [0.29, 0.717) is 52.2 Å². The van der Waals surface area contributed by atoms with Gasteiger partial charge in [0.15, 0.2) is 0 Å². The number of amidine groups is 1. The van der Waals surface area contributed by atoms with Gasteiger partial charge in [0.05, 0.1) is 24.8 Å². The fraction of sp³-hybridized carbons (Fsp3) is 0.323. The lowest BCUT2D eigenvalue weighted by Gasteiger charge is -2.36. The average molecular weight is 581 g/mol. The zero-order chi connectivity index (χ0) is 29.7. The first-order valence-corrected chi connectivity index (χ1v) is 13.7. The van der Waals surface area contributed by atoms with Crippen LogP contribution in [0, 0.1) is 5.82 Å². The number of hydrogen-bond acceptors (Lipinski definition) is 5. The highest BCUT2D eigenvalue weighted by Gasteiger charge is 2.45. The Morgan fingerprint density at radius 3 is 2.68 bits per heavy atom. The molecule has 41 heavy (non-hydrogen) atoms. The Hall–Kier alpha value is -4.11. The standard InChI is InChI=1S/C31H34ClFN4O4/c1-6-22(32)11-10-20(4)28-29(21-8-7-9-23(33)16-21)37(31(39)36-15-14-34-27(38)18-36)30(35-28)25-13-12-24(40-5)17-26(25)41-19(2)3/h6-13,16-17,19,28-29H,4,14-15,18H2,1-3,5H3,(H,34,38)/b11-10-,22-6+/t28-,29+/m0/s1. The minimum absolute atomic E-state index is 0.112. The summed E-state index contributed by atoms with van der Waals surface area (Å²) in [6.07, 6.45) is 4.99. The molecule has 1 N–H and O–H groups in total. The molecule has 2 heterocycles. The molecule has 2 aliphatic heterocycles. The maximum atomic E-state index is 14.6. The van der Waals surface area contributed by atoms with E-state index in [0.717, 1.165) is 0 Å². The third-order valence-corrected chi connectivity index (χ3v) is 7.02. The van der Waals surface area contributed by atoms with Crippen LogP contribution < -0.4 is 14.8 Å². The van der Waals surface area contributed by atoms with Gasteiger partial charge in [0, 0.05) is 24.2 Å². The number of nitrogens with zero attached hydrogens (tertiary/aromatic N) is 3. The number of allylic oxidation sites excluding steroid dienone is 3. The number of rotatable bonds is 8. The van der Waals surface area contributed by atoms with E-state index in [1.165, 1.54) is 21.9 Å². The number of carbonyl (C=O) groups excluding carboxylic acids is 2. The van der Waals surface area contributed by atoms with E-state index < -0.39 is 23.9 Å². The first-order chi connectivity index (χ1) is 19.6. The van der Waals surface area contributed by atoms with Gasteiger partial charge in [0.2, 0.25) is 5.91 Å². The lowest BCUT2D eigenvalue weighted by molar-refractivity contribution is -0.123. The summed E-state index contributed by atoms with van der Waals surface area (Å²) in [4.78, 5) is 34.6. The molecule has 8 nitrogen and oxygen atoms in total. The normalized spacial score (nSPS) is 19.4. The molecule has 0 aliphatic carbocycles. The Bertz CT molecular complexity index is 1420. The summed E-state index contributed by atoms with van der Waals surface area (Å²) in [6, 6.07) is 9.43. The van der Waals surface area contributed by atoms with Crippen molar-refractivity contribution >= 4 is 29.4 Å². The van der Waals surface area contributed by atoms with Crippen LogP contribution in [0.2, 0.25) is 0 Å². The summed E-state index contributed by atoms with van der Waals surface area (Å²) in [7, 11) is 1.56. The number of aliphatic imine (C=N–C) groups is 1. The van der Waals surface area contributed by atoms with Crippen molar-refractivity contribution in [3.8, 4) is 11.5 Å². The number of nitrogens with one attached hydrogen (secondary N) is 1. The van der Waals surface area contributed by atoms with Crippen molar-refractivity contribution in [3.63, 3.8) is 0 Å². The summed E-state index contributed by atoms with van der Waals surface area (Å²) in [5, 5.41) is 3.25. The van der Waals surface area contributed by atoms with Crippen molar-refractivity contribution in [2.45, 2.75) is 39.0 Å². The van der Waals surface area contributed by atoms with Crippen LogP contribution >= 0.6 is 11.6 Å². The van der Waals surface area contributed by atoms with Crippen LogP contribution in [0.15, 0.2) is 82.9 Å². The molecule has 0 aromatic heterocycles. The first-order valence-electron chi connectivity index (χ1n) is 13.3. The maximum absolute atomic E-state index is 14.6. The molecule has 4 rings (SSSR count). The molecule has 0 spiro atoms. The van der Waals surface area contributed by atoms with Gasteiger partial charge in [0.25, 0.3) is 0 Å². The molecule has 2 aromatic rings. The van der Waals surface area contributed by atoms with Crippen molar-refractivity contribution in [1.29, 1.82) is 0 Å². The fourth-order valence-corrected chi connectivity index (χ4v) is 4.82. The number of piperazine rings is 1. The van der Waals surface area contributed by atoms with E-state index in [2.05, 4.69) is 11.9 Å². The van der Waals surface area contributed by atoms with Gasteiger partial charge in [-0.25, -0.2) is 9.18 Å². The zero-order valence-electron chi connectivity index (χ0n) is 23.6. The second-order valence-electron chi connectivity index (χ2n) is 9.93. The molecule has 2 aliphatic rings. The second-order valence-corrected chi connectivity index (χ2v) is 10.4. The molecule has 0 saturated carbocycles. The van der Waals surface area contributed by atoms with Crippen molar-refractivity contribution < 1.29 is 23.5 Å². The van der Waals surface area contributed by atoms with E-state index in [9.17, 15) is 14.0 Å². The molecule has 0 unspecified atom stereocenters. The van der Waals surface area contributed by atoms with Crippen LogP contribution in [0.1, 0.15) is 37.9 Å². The predicted octanol–water partition coefficient (Wildman–Crippen LogP) is 5.60. The van der Waals surface area contributed by atoms with Crippen molar-refractivity contribution in [2.75, 3.05) is 26.7 Å². The summed E-state index contributed by atoms with van der Waals surface area (Å²) >= 11 is 6.22. The molecule has 1 fully saturated rings. The minimum Gasteiger partial charge on any atom is -0.497 e. The molecular weight excluding hydrogens is 547 g/mol. The van der Waals surface area contributed by atoms with Crippen molar-refractivity contribution in [2.24, 2.45) is 4.99 Å². The number of urea groups is 1. The van der Waals surface area contributed by atoms with Gasteiger partial charge in [-0.1, -0.05) is 42.5 Å². The summed E-state index contributed by atoms with van der Waals surface area (Å²) in [6.45, 7) is 10.4. The molecule has 0 radical (unpaired) electrons. The minimum atomic E-state index is -0.770. The van der Waals surface area contributed by atoms with E-state index >= 15 is 0 Å². The van der Waals surface area contributed by atoms with E-state index in [4.69, 9.17) is 26.1 Å². The molecule has 3 amide bonds. The molecule has 2 atom stereocenters. The SMILES string of the molecule is C=C(/C=C\C(Cl)=C/C)[C@@H]1N=C(c2ccc(OC)cc2OC(C)C)N(C(=O)N2CCNC(=O)C2)[C@@H]1c1cccc(F)c1. The topological polar surface area (TPSA) is 83.5 Å². The third-order valence-electron chi connectivity index (χ3n) is 6.68. The molecule has 2 aromatic carbocycles. The molecule has 10 heteroatoms. The number of halogens is 2. The summed E-state index contributed by atoms with van der Waals surface area (Å²) in [5.41, 5.74) is 1.62. The lowest BCUT2D eigenvalue weighted by atomic mass is 9.94. The van der Waals surface area contributed by atoms with Crippen LogP contribution in [0.25, 0.3) is 0 Å². The third kappa shape index (κ3) is 6.79. The molecular formula is C31H34ClFN4O4. The summed E-state index contributed by atoms with van der Waals surface area (Å²) in [5.74, 6) is 0.628. The number of ether oxygens (including phenoxy) is 2. The number of hydrogen-bond donors (Lipinski definition) is 1. The van der Waals surface area contributed by atoms with Gasteiger partial charge >= 0.3 is 6.03 Å². The largest absolute Gasteiger partial charge is 0.497 e. The van der Waals surface area contributed by atoms with E-state index in [-0.39, 0.29) is 18.6 Å². The van der Waals surface area contributed by atoms with Crippen molar-refractivity contribution in [3.05, 3.63) is 94.8 Å². The average Bonchev–Trinajstić information content (AvgIpc) is 3.35. The molecule has 216 valence electrons. The Morgan fingerprint density at radius 1 is 1.24 bits per heavy atom. The monoisotopic (exact) mass is 580 g/mol. The Balaban J connectivity index is 1.93. The van der Waals surface area contributed by atoms with Crippen LogP contribution in [0.4, 0.5) is 9.18 Å². The zero-order valence-corrected chi connectivity index (χ0v) is 24.3.